The summed E-state index contributed by atoms with van der Waals surface area (Å²) in [6, 6.07) is 6.96. The van der Waals surface area contributed by atoms with Gasteiger partial charge in [0.25, 0.3) is 10.1 Å². The first-order chi connectivity index (χ1) is 7.51. The zero-order valence-corrected chi connectivity index (χ0v) is 9.99. The molecular formula is C10H14O5S. The number of methoxy groups -OCH3 is 1. The fourth-order valence-corrected chi connectivity index (χ4v) is 1.38. The summed E-state index contributed by atoms with van der Waals surface area (Å²) in [5.74, 6) is 0.608. The third-order valence-corrected chi connectivity index (χ3v) is 2.23. The molecule has 0 amide bonds. The van der Waals surface area contributed by atoms with Crippen LogP contribution >= 0.6 is 0 Å². The van der Waals surface area contributed by atoms with Crippen LogP contribution in [0.1, 0.15) is 5.56 Å². The van der Waals surface area contributed by atoms with Gasteiger partial charge >= 0.3 is 0 Å². The molecular weight excluding hydrogens is 232 g/mol. The van der Waals surface area contributed by atoms with Crippen molar-refractivity contribution in [2.75, 3.05) is 20.2 Å². The molecule has 1 aromatic rings. The van der Waals surface area contributed by atoms with Crippen molar-refractivity contribution in [3.8, 4) is 5.75 Å². The summed E-state index contributed by atoms with van der Waals surface area (Å²) >= 11 is 0. The van der Waals surface area contributed by atoms with Gasteiger partial charge in [0.2, 0.25) is 0 Å². The zero-order chi connectivity index (χ0) is 12.0. The summed E-state index contributed by atoms with van der Waals surface area (Å²) in [4.78, 5) is 0. The number of benzene rings is 1. The van der Waals surface area contributed by atoms with E-state index >= 15 is 0 Å². The lowest BCUT2D eigenvalue weighted by Gasteiger charge is -2.06. The summed E-state index contributed by atoms with van der Waals surface area (Å²) in [6.45, 7) is 0.152. The predicted molar refractivity (Wildman–Crippen MR) is 58.6 cm³/mol. The Morgan fingerprint density at radius 1 is 1.31 bits per heavy atom. The average molecular weight is 246 g/mol. The van der Waals surface area contributed by atoms with Crippen molar-refractivity contribution in [1.29, 1.82) is 0 Å². The molecule has 16 heavy (non-hydrogen) atoms. The predicted octanol–water partition coefficient (Wildman–Crippen LogP) is 1.15. The molecule has 0 aliphatic carbocycles. The summed E-state index contributed by atoms with van der Waals surface area (Å²) in [5.41, 5.74) is 0.721. The molecule has 0 atom stereocenters. The highest BCUT2D eigenvalue weighted by molar-refractivity contribution is 7.85. The van der Waals surface area contributed by atoms with Gasteiger partial charge in [-0.1, -0.05) is 12.1 Å². The van der Waals surface area contributed by atoms with Crippen molar-refractivity contribution < 1.29 is 22.1 Å². The molecule has 5 nitrogen and oxygen atoms in total. The van der Waals surface area contributed by atoms with Crippen LogP contribution in [0.3, 0.4) is 0 Å². The van der Waals surface area contributed by atoms with E-state index in [0.717, 1.165) is 11.8 Å². The van der Waals surface area contributed by atoms with Gasteiger partial charge in [-0.05, 0) is 17.7 Å². The average Bonchev–Trinajstić information content (AvgIpc) is 2.23. The highest BCUT2D eigenvalue weighted by Crippen LogP contribution is 2.14. The standard InChI is InChI=1S/C10H14O5S/c1-13-8-14-10-5-3-4-9(6-10)7-15-16(2,11)12/h3-6H,7-8H2,1-2H3. The van der Waals surface area contributed by atoms with E-state index < -0.39 is 10.1 Å². The van der Waals surface area contributed by atoms with E-state index in [4.69, 9.17) is 9.47 Å². The van der Waals surface area contributed by atoms with Gasteiger partial charge in [-0.2, -0.15) is 8.42 Å². The van der Waals surface area contributed by atoms with E-state index in [-0.39, 0.29) is 13.4 Å². The van der Waals surface area contributed by atoms with Gasteiger partial charge in [-0.25, -0.2) is 0 Å². The first-order valence-electron chi connectivity index (χ1n) is 4.56. The Kier molecular flexibility index (Phi) is 4.72. The van der Waals surface area contributed by atoms with Crippen LogP contribution in [0, 0.1) is 0 Å². The molecule has 0 bridgehead atoms. The van der Waals surface area contributed by atoms with Crippen LogP contribution < -0.4 is 4.74 Å². The monoisotopic (exact) mass is 246 g/mol. The van der Waals surface area contributed by atoms with E-state index in [0.29, 0.717) is 5.75 Å². The molecule has 0 saturated carbocycles. The lowest BCUT2D eigenvalue weighted by atomic mass is 10.2. The minimum Gasteiger partial charge on any atom is -0.468 e. The van der Waals surface area contributed by atoms with Crippen LogP contribution in [-0.4, -0.2) is 28.6 Å². The Morgan fingerprint density at radius 2 is 2.06 bits per heavy atom. The molecule has 0 radical (unpaired) electrons. The molecule has 0 N–H and O–H groups in total. The molecule has 0 saturated heterocycles. The second kappa shape index (κ2) is 5.83. The molecule has 0 aliphatic rings. The maximum Gasteiger partial charge on any atom is 0.264 e. The van der Waals surface area contributed by atoms with Crippen molar-refractivity contribution >= 4 is 10.1 Å². The van der Waals surface area contributed by atoms with Gasteiger partial charge < -0.3 is 9.47 Å². The van der Waals surface area contributed by atoms with Crippen LogP contribution in [0.15, 0.2) is 24.3 Å². The van der Waals surface area contributed by atoms with Gasteiger partial charge in [0.05, 0.1) is 12.9 Å². The topological polar surface area (TPSA) is 61.8 Å². The van der Waals surface area contributed by atoms with Crippen LogP contribution in [0.4, 0.5) is 0 Å². The fraction of sp³-hybridized carbons (Fsp3) is 0.400. The van der Waals surface area contributed by atoms with Crippen molar-refractivity contribution in [3.63, 3.8) is 0 Å². The van der Waals surface area contributed by atoms with Crippen molar-refractivity contribution in [3.05, 3.63) is 29.8 Å². The molecule has 0 aromatic heterocycles. The quantitative estimate of drug-likeness (QED) is 0.556. The van der Waals surface area contributed by atoms with E-state index in [1.165, 1.54) is 7.11 Å². The minimum atomic E-state index is -3.42. The molecule has 0 heterocycles. The molecule has 90 valence electrons. The Hall–Kier alpha value is -1.11. The van der Waals surface area contributed by atoms with Gasteiger partial charge in [0.1, 0.15) is 5.75 Å². The molecule has 0 aliphatic heterocycles. The molecule has 1 aromatic carbocycles. The van der Waals surface area contributed by atoms with E-state index in [9.17, 15) is 8.42 Å². The van der Waals surface area contributed by atoms with Crippen molar-refractivity contribution in [2.45, 2.75) is 6.61 Å². The second-order valence-corrected chi connectivity index (χ2v) is 4.81. The third-order valence-electron chi connectivity index (χ3n) is 1.68. The summed E-state index contributed by atoms with van der Waals surface area (Å²) in [5, 5.41) is 0. The lowest BCUT2D eigenvalue weighted by molar-refractivity contribution is 0.0510. The Bertz CT molecular complexity index is 427. The Labute approximate surface area is 95.1 Å². The largest absolute Gasteiger partial charge is 0.468 e. The van der Waals surface area contributed by atoms with Crippen LogP contribution in [-0.2, 0) is 25.6 Å². The number of hydrogen-bond donors (Lipinski definition) is 0. The van der Waals surface area contributed by atoms with Gasteiger partial charge in [-0.15, -0.1) is 0 Å². The second-order valence-electron chi connectivity index (χ2n) is 3.16. The molecule has 0 unspecified atom stereocenters. The zero-order valence-electron chi connectivity index (χ0n) is 9.17. The SMILES string of the molecule is COCOc1cccc(COS(C)(=O)=O)c1. The Balaban J connectivity index is 2.60. The maximum absolute atomic E-state index is 10.8. The lowest BCUT2D eigenvalue weighted by Crippen LogP contribution is -2.03. The number of rotatable bonds is 6. The van der Waals surface area contributed by atoms with Gasteiger partial charge in [-0.3, -0.25) is 4.18 Å². The molecule has 0 spiro atoms. The van der Waals surface area contributed by atoms with Crippen LogP contribution in [0.25, 0.3) is 0 Å². The van der Waals surface area contributed by atoms with Crippen molar-refractivity contribution in [2.24, 2.45) is 0 Å². The van der Waals surface area contributed by atoms with E-state index in [1.54, 1.807) is 24.3 Å². The summed E-state index contributed by atoms with van der Waals surface area (Å²) in [7, 11) is -1.89. The summed E-state index contributed by atoms with van der Waals surface area (Å²) < 4.78 is 36.2. The van der Waals surface area contributed by atoms with Crippen molar-refractivity contribution in [1.82, 2.24) is 0 Å². The fourth-order valence-electron chi connectivity index (χ4n) is 1.03. The highest BCUT2D eigenvalue weighted by atomic mass is 32.2. The highest BCUT2D eigenvalue weighted by Gasteiger charge is 2.03. The molecule has 0 fully saturated rings. The third kappa shape index (κ3) is 5.11. The van der Waals surface area contributed by atoms with Gasteiger partial charge in [0.15, 0.2) is 6.79 Å². The number of hydrogen-bond acceptors (Lipinski definition) is 5. The smallest absolute Gasteiger partial charge is 0.264 e. The normalized spacial score (nSPS) is 11.4. The summed E-state index contributed by atoms with van der Waals surface area (Å²) in [6.07, 6.45) is 1.01. The van der Waals surface area contributed by atoms with Crippen LogP contribution in [0.5, 0.6) is 5.75 Å². The Morgan fingerprint density at radius 3 is 2.69 bits per heavy atom. The number of ether oxygens (including phenoxy) is 2. The van der Waals surface area contributed by atoms with E-state index in [1.807, 2.05) is 0 Å². The van der Waals surface area contributed by atoms with Crippen LogP contribution in [0.2, 0.25) is 0 Å². The maximum atomic E-state index is 10.8. The molecule has 6 heteroatoms. The first-order valence-corrected chi connectivity index (χ1v) is 6.38. The van der Waals surface area contributed by atoms with Gasteiger partial charge in [0, 0.05) is 7.11 Å². The van der Waals surface area contributed by atoms with E-state index in [2.05, 4.69) is 4.18 Å². The molecule has 1 rings (SSSR count). The minimum absolute atomic E-state index is 0.00299. The first kappa shape index (κ1) is 13.0.